The first-order valence-corrected chi connectivity index (χ1v) is 16.3. The van der Waals surface area contributed by atoms with E-state index in [-0.39, 0.29) is 35.6 Å². The number of rotatable bonds is 1. The Morgan fingerprint density at radius 1 is 0.698 bits per heavy atom. The molecule has 0 saturated heterocycles. The van der Waals surface area contributed by atoms with E-state index in [1.165, 1.54) is 85.4 Å². The van der Waals surface area contributed by atoms with Gasteiger partial charge < -0.3 is 24.8 Å². The molecule has 4 aromatic rings. The maximum Gasteiger partial charge on any atom is -1.00 e. The molecule has 0 fully saturated rings. The van der Waals surface area contributed by atoms with E-state index in [2.05, 4.69) is 160 Å². The summed E-state index contributed by atoms with van der Waals surface area (Å²) < 4.78 is 2.19. The molecule has 230 valence electrons. The first-order valence-electron chi connectivity index (χ1n) is 14.9. The van der Waals surface area contributed by atoms with Crippen molar-refractivity contribution in [3.63, 3.8) is 0 Å². The van der Waals surface area contributed by atoms with Crippen molar-refractivity contribution in [1.29, 1.82) is 0 Å². The Morgan fingerprint density at radius 2 is 1.28 bits per heavy atom. The van der Waals surface area contributed by atoms with Crippen LogP contribution in [0.15, 0.2) is 66.7 Å². The number of benzene rings is 3. The largest absolute Gasteiger partial charge is 1.00 e. The summed E-state index contributed by atoms with van der Waals surface area (Å²) in [5, 5.41) is 0. The zero-order chi connectivity index (χ0) is 30.8. The van der Waals surface area contributed by atoms with Crippen molar-refractivity contribution in [1.82, 2.24) is 0 Å². The van der Waals surface area contributed by atoms with Gasteiger partial charge in [0.05, 0.1) is 0 Å². The Balaban J connectivity index is 0.000000356. The molecule has 3 heteroatoms. The van der Waals surface area contributed by atoms with Crippen molar-refractivity contribution in [3.05, 3.63) is 123 Å². The van der Waals surface area contributed by atoms with Gasteiger partial charge in [0.25, 0.3) is 0 Å². The predicted molar refractivity (Wildman–Crippen MR) is 177 cm³/mol. The van der Waals surface area contributed by atoms with Crippen LogP contribution in [0, 0.1) is 26.8 Å². The van der Waals surface area contributed by atoms with E-state index in [9.17, 15) is 0 Å². The van der Waals surface area contributed by atoms with Crippen LogP contribution in [0.4, 0.5) is 0 Å². The molecule has 0 atom stereocenters. The van der Waals surface area contributed by atoms with Crippen LogP contribution < -0.4 is 24.8 Å². The van der Waals surface area contributed by atoms with Crippen LogP contribution in [0.2, 0.25) is 0 Å². The van der Waals surface area contributed by atoms with Gasteiger partial charge in [-0.3, -0.25) is 0 Å². The van der Waals surface area contributed by atoms with E-state index in [1.807, 2.05) is 0 Å². The number of hydrogen-bond acceptors (Lipinski definition) is 0. The minimum absolute atomic E-state index is 0. The van der Waals surface area contributed by atoms with Gasteiger partial charge >= 0.3 is 70.3 Å². The van der Waals surface area contributed by atoms with E-state index < -0.39 is 0 Å². The van der Waals surface area contributed by atoms with Gasteiger partial charge in [-0.15, -0.1) is 11.1 Å². The van der Waals surface area contributed by atoms with Gasteiger partial charge in [0.2, 0.25) is 0 Å². The Bertz CT molecular complexity index is 1420. The van der Waals surface area contributed by atoms with E-state index in [0.717, 1.165) is 6.42 Å². The average molecular weight is 693 g/mol. The Morgan fingerprint density at radius 3 is 1.72 bits per heavy atom. The van der Waals surface area contributed by atoms with Crippen molar-refractivity contribution in [2.24, 2.45) is 0 Å². The molecule has 1 aliphatic rings. The maximum atomic E-state index is 3.67. The van der Waals surface area contributed by atoms with Gasteiger partial charge in [-0.05, 0) is 28.4 Å². The summed E-state index contributed by atoms with van der Waals surface area (Å²) >= 11 is 1.47. The molecule has 0 heterocycles. The fraction of sp³-hybridized carbons (Fsp3) is 0.400. The molecule has 0 nitrogen and oxygen atoms in total. The third-order valence-electron chi connectivity index (χ3n) is 7.76. The predicted octanol–water partition coefficient (Wildman–Crippen LogP) is 4.67. The fourth-order valence-electron chi connectivity index (χ4n) is 5.30. The summed E-state index contributed by atoms with van der Waals surface area (Å²) in [5.74, 6) is 0. The quantitative estimate of drug-likeness (QED) is 0.224. The Kier molecular flexibility index (Phi) is 14.2. The first kappa shape index (κ1) is 39.4. The van der Waals surface area contributed by atoms with Crippen LogP contribution in [0.5, 0.6) is 0 Å². The van der Waals surface area contributed by atoms with Crippen LogP contribution in [0.1, 0.15) is 112 Å². The average Bonchev–Trinajstić information content (AvgIpc) is 3.42. The molecule has 0 N–H and O–H groups in total. The molecule has 1 aliphatic carbocycles. The molecular weight excluding hydrogens is 643 g/mol. The molecule has 5 rings (SSSR count). The van der Waals surface area contributed by atoms with Crippen LogP contribution >= 0.6 is 0 Å². The molecule has 0 bridgehead atoms. The van der Waals surface area contributed by atoms with Crippen LogP contribution in [-0.2, 0) is 46.9 Å². The van der Waals surface area contributed by atoms with Crippen LogP contribution in [0.25, 0.3) is 11.1 Å². The second kappa shape index (κ2) is 15.6. The smallest absolute Gasteiger partial charge is 1.00 e. The van der Waals surface area contributed by atoms with Gasteiger partial charge in [-0.1, -0.05) is 105 Å². The molecular formula is C40H50Cl2Zr-2. The number of fused-ring (bicyclic) bond motifs is 3. The van der Waals surface area contributed by atoms with Crippen molar-refractivity contribution < 1.29 is 49.0 Å². The third kappa shape index (κ3) is 10.7. The SMILES string of the molecule is CC(C)(C)c1[c-]c2c(cc1)-c1ccc(C(C)(C)C)cc1C2.Cc1cc(C(C)(C)C)c(C)[cH-]1.Cc1ccc([CH]=[Zr+2])cc1.[Cl-].[Cl-]. The minimum Gasteiger partial charge on any atom is -1.00 e. The molecule has 0 saturated carbocycles. The van der Waals surface area contributed by atoms with Gasteiger partial charge in [0, 0.05) is 0 Å². The van der Waals surface area contributed by atoms with E-state index >= 15 is 0 Å². The zero-order valence-electron chi connectivity index (χ0n) is 28.4. The first-order chi connectivity index (χ1) is 18.9. The normalized spacial score (nSPS) is 11.9. The molecule has 0 unspecified atom stereocenters. The molecule has 0 radical (unpaired) electrons. The van der Waals surface area contributed by atoms with E-state index in [4.69, 9.17) is 0 Å². The monoisotopic (exact) mass is 690 g/mol. The second-order valence-electron chi connectivity index (χ2n) is 14.7. The molecule has 0 aliphatic heterocycles. The molecule has 0 aromatic heterocycles. The topological polar surface area (TPSA) is 0 Å². The van der Waals surface area contributed by atoms with Gasteiger partial charge in [-0.25, -0.2) is 6.07 Å². The Hall–Kier alpha value is -1.66. The fourth-order valence-corrected chi connectivity index (χ4v) is 5.77. The summed E-state index contributed by atoms with van der Waals surface area (Å²) in [7, 11) is 0. The van der Waals surface area contributed by atoms with Crippen molar-refractivity contribution in [3.8, 4) is 11.1 Å². The summed E-state index contributed by atoms with van der Waals surface area (Å²) in [6.07, 6.45) is 1.03. The van der Waals surface area contributed by atoms with Crippen LogP contribution in [0.3, 0.4) is 0 Å². The molecule has 4 aromatic carbocycles. The Labute approximate surface area is 290 Å². The zero-order valence-corrected chi connectivity index (χ0v) is 32.4. The maximum absolute atomic E-state index is 3.67. The van der Waals surface area contributed by atoms with Gasteiger partial charge in [0.1, 0.15) is 0 Å². The minimum atomic E-state index is 0. The van der Waals surface area contributed by atoms with Gasteiger partial charge in [-0.2, -0.15) is 46.5 Å². The summed E-state index contributed by atoms with van der Waals surface area (Å²) in [5.41, 5.74) is 16.0. The summed E-state index contributed by atoms with van der Waals surface area (Å²) in [6.45, 7) is 26.8. The van der Waals surface area contributed by atoms with Crippen molar-refractivity contribution >= 4 is 3.71 Å². The molecule has 0 spiro atoms. The molecule has 0 amide bonds. The van der Waals surface area contributed by atoms with E-state index in [1.54, 1.807) is 0 Å². The summed E-state index contributed by atoms with van der Waals surface area (Å²) in [4.78, 5) is 0. The van der Waals surface area contributed by atoms with Gasteiger partial charge in [0.15, 0.2) is 0 Å². The third-order valence-corrected chi connectivity index (χ3v) is 8.58. The van der Waals surface area contributed by atoms with Crippen LogP contribution in [-0.4, -0.2) is 3.71 Å². The number of hydrogen-bond donors (Lipinski definition) is 0. The molecule has 43 heavy (non-hydrogen) atoms. The van der Waals surface area contributed by atoms with Crippen molar-refractivity contribution in [2.75, 3.05) is 0 Å². The summed E-state index contributed by atoms with van der Waals surface area (Å²) in [6, 6.07) is 28.3. The van der Waals surface area contributed by atoms with E-state index in [0.29, 0.717) is 5.41 Å². The second-order valence-corrected chi connectivity index (χ2v) is 15.5. The van der Waals surface area contributed by atoms with Crippen molar-refractivity contribution in [2.45, 2.75) is 106 Å². The number of aryl methyl sites for hydroxylation is 3. The standard InChI is InChI=1S/C21H25.C11H17.C8H8.2ClH.Zr/c1-20(2,3)16-7-9-18-14(12-16)11-15-13-17(21(4,5)6)8-10-19(15)18;1-8-6-9(2)10(7-8)11(3,4)5;1-7-3-5-8(2)6-4-7;;;/h7-10,12H,11H2,1-6H3;6-7H,1-5H3;1,3-6H,2H3;2*1H;/q2*-1;;;;+2/p-2. The number of halogens is 2.